The SMILES string of the molecule is COCC(O)CN1CCOC(CC(=O)OC)C1. The lowest BCUT2D eigenvalue weighted by molar-refractivity contribution is -0.146. The predicted octanol–water partition coefficient (Wildman–Crippen LogP) is -0.742. The van der Waals surface area contributed by atoms with Crippen LogP contribution in [0.1, 0.15) is 6.42 Å². The van der Waals surface area contributed by atoms with E-state index in [-0.39, 0.29) is 18.5 Å². The molecule has 0 aromatic rings. The van der Waals surface area contributed by atoms with E-state index < -0.39 is 6.10 Å². The zero-order valence-corrected chi connectivity index (χ0v) is 10.4. The van der Waals surface area contributed by atoms with E-state index in [1.165, 1.54) is 7.11 Å². The molecule has 0 aliphatic carbocycles. The largest absolute Gasteiger partial charge is 0.469 e. The van der Waals surface area contributed by atoms with Crippen LogP contribution >= 0.6 is 0 Å². The Morgan fingerprint density at radius 2 is 2.35 bits per heavy atom. The molecule has 0 saturated carbocycles. The van der Waals surface area contributed by atoms with Gasteiger partial charge in [0, 0.05) is 26.7 Å². The maximum Gasteiger partial charge on any atom is 0.308 e. The highest BCUT2D eigenvalue weighted by molar-refractivity contribution is 5.69. The molecule has 1 aliphatic heterocycles. The number of carbonyl (C=O) groups excluding carboxylic acids is 1. The van der Waals surface area contributed by atoms with Gasteiger partial charge in [0.2, 0.25) is 0 Å². The zero-order valence-electron chi connectivity index (χ0n) is 10.4. The Labute approximate surface area is 101 Å². The van der Waals surface area contributed by atoms with Gasteiger partial charge in [-0.1, -0.05) is 0 Å². The molecule has 6 nitrogen and oxygen atoms in total. The van der Waals surface area contributed by atoms with E-state index in [9.17, 15) is 9.90 Å². The lowest BCUT2D eigenvalue weighted by Crippen LogP contribution is -2.46. The highest BCUT2D eigenvalue weighted by atomic mass is 16.5. The highest BCUT2D eigenvalue weighted by Crippen LogP contribution is 2.09. The molecule has 100 valence electrons. The molecule has 0 spiro atoms. The monoisotopic (exact) mass is 247 g/mol. The molecule has 17 heavy (non-hydrogen) atoms. The van der Waals surface area contributed by atoms with Gasteiger partial charge >= 0.3 is 5.97 Å². The van der Waals surface area contributed by atoms with Crippen molar-refractivity contribution in [1.29, 1.82) is 0 Å². The Balaban J connectivity index is 2.30. The summed E-state index contributed by atoms with van der Waals surface area (Å²) < 4.78 is 14.9. The van der Waals surface area contributed by atoms with Crippen molar-refractivity contribution in [3.63, 3.8) is 0 Å². The molecule has 6 heteroatoms. The van der Waals surface area contributed by atoms with Crippen molar-refractivity contribution in [2.24, 2.45) is 0 Å². The first-order valence-corrected chi connectivity index (χ1v) is 5.73. The molecular weight excluding hydrogens is 226 g/mol. The molecule has 1 heterocycles. The summed E-state index contributed by atoms with van der Waals surface area (Å²) in [5.41, 5.74) is 0. The summed E-state index contributed by atoms with van der Waals surface area (Å²) in [5, 5.41) is 9.62. The van der Waals surface area contributed by atoms with Crippen LogP contribution in [0.3, 0.4) is 0 Å². The summed E-state index contributed by atoms with van der Waals surface area (Å²) >= 11 is 0. The molecule has 1 N–H and O–H groups in total. The number of rotatable bonds is 6. The molecular formula is C11H21NO5. The second-order valence-corrected chi connectivity index (χ2v) is 4.14. The van der Waals surface area contributed by atoms with Crippen LogP contribution in [0.4, 0.5) is 0 Å². The van der Waals surface area contributed by atoms with Gasteiger partial charge in [-0.05, 0) is 0 Å². The van der Waals surface area contributed by atoms with E-state index in [1.807, 2.05) is 0 Å². The molecule has 0 amide bonds. The van der Waals surface area contributed by atoms with Crippen molar-refractivity contribution in [2.45, 2.75) is 18.6 Å². The van der Waals surface area contributed by atoms with Crippen LogP contribution in [0.15, 0.2) is 0 Å². The Kier molecular flexibility index (Phi) is 6.43. The minimum atomic E-state index is -0.503. The van der Waals surface area contributed by atoms with E-state index in [1.54, 1.807) is 7.11 Å². The van der Waals surface area contributed by atoms with Gasteiger partial charge in [-0.2, -0.15) is 0 Å². The predicted molar refractivity (Wildman–Crippen MR) is 60.7 cm³/mol. The number of β-amino-alcohol motifs (C(OH)–C–C–N with tert-alkyl or cyclic N) is 1. The topological polar surface area (TPSA) is 68.2 Å². The van der Waals surface area contributed by atoms with Crippen LogP contribution in [0.5, 0.6) is 0 Å². The average Bonchev–Trinajstić information content (AvgIpc) is 2.29. The van der Waals surface area contributed by atoms with E-state index in [0.29, 0.717) is 26.3 Å². The molecule has 1 saturated heterocycles. The van der Waals surface area contributed by atoms with Crippen molar-refractivity contribution in [2.75, 3.05) is 47.1 Å². The van der Waals surface area contributed by atoms with Gasteiger partial charge in [-0.3, -0.25) is 9.69 Å². The Hall–Kier alpha value is -0.690. The third kappa shape index (κ3) is 5.45. The number of aliphatic hydroxyl groups is 1. The number of ether oxygens (including phenoxy) is 3. The standard InChI is InChI=1S/C11H21NO5/c1-15-8-9(13)6-12-3-4-17-10(7-12)5-11(14)16-2/h9-10,13H,3-8H2,1-2H3. The maximum atomic E-state index is 11.1. The van der Waals surface area contributed by atoms with Crippen LogP contribution in [0.2, 0.25) is 0 Å². The fourth-order valence-electron chi connectivity index (χ4n) is 1.88. The second-order valence-electron chi connectivity index (χ2n) is 4.14. The third-order valence-electron chi connectivity index (χ3n) is 2.67. The third-order valence-corrected chi connectivity index (χ3v) is 2.67. The van der Waals surface area contributed by atoms with Gasteiger partial charge in [0.15, 0.2) is 0 Å². The molecule has 0 bridgehead atoms. The van der Waals surface area contributed by atoms with Gasteiger partial charge in [0.1, 0.15) is 0 Å². The number of morpholine rings is 1. The highest BCUT2D eigenvalue weighted by Gasteiger charge is 2.24. The Morgan fingerprint density at radius 3 is 3.00 bits per heavy atom. The quantitative estimate of drug-likeness (QED) is 0.623. The van der Waals surface area contributed by atoms with Crippen molar-refractivity contribution in [1.82, 2.24) is 4.90 Å². The summed E-state index contributed by atoms with van der Waals surface area (Å²) in [4.78, 5) is 13.2. The Morgan fingerprint density at radius 1 is 1.59 bits per heavy atom. The number of methoxy groups -OCH3 is 2. The van der Waals surface area contributed by atoms with Gasteiger partial charge in [-0.15, -0.1) is 0 Å². The van der Waals surface area contributed by atoms with Crippen LogP contribution < -0.4 is 0 Å². The molecule has 1 rings (SSSR count). The minimum Gasteiger partial charge on any atom is -0.469 e. The normalized spacial score (nSPS) is 23.4. The summed E-state index contributed by atoms with van der Waals surface area (Å²) in [6, 6.07) is 0. The lowest BCUT2D eigenvalue weighted by atomic mass is 10.2. The van der Waals surface area contributed by atoms with Gasteiger partial charge in [-0.25, -0.2) is 0 Å². The van der Waals surface area contributed by atoms with E-state index >= 15 is 0 Å². The maximum absolute atomic E-state index is 11.1. The molecule has 2 unspecified atom stereocenters. The number of nitrogens with zero attached hydrogens (tertiary/aromatic N) is 1. The van der Waals surface area contributed by atoms with Crippen LogP contribution in [-0.2, 0) is 19.0 Å². The number of carbonyl (C=O) groups is 1. The minimum absolute atomic E-state index is 0.147. The number of hydrogen-bond donors (Lipinski definition) is 1. The van der Waals surface area contributed by atoms with Gasteiger partial charge in [0.05, 0.1) is 39.0 Å². The summed E-state index contributed by atoms with van der Waals surface area (Å²) in [6.45, 7) is 2.82. The van der Waals surface area contributed by atoms with E-state index in [4.69, 9.17) is 9.47 Å². The molecule has 2 atom stereocenters. The number of hydrogen-bond acceptors (Lipinski definition) is 6. The van der Waals surface area contributed by atoms with Crippen molar-refractivity contribution in [3.8, 4) is 0 Å². The van der Waals surface area contributed by atoms with Crippen molar-refractivity contribution >= 4 is 5.97 Å². The van der Waals surface area contributed by atoms with Gasteiger partial charge < -0.3 is 19.3 Å². The van der Waals surface area contributed by atoms with Crippen molar-refractivity contribution in [3.05, 3.63) is 0 Å². The lowest BCUT2D eigenvalue weighted by Gasteiger charge is -2.33. The fraction of sp³-hybridized carbons (Fsp3) is 0.909. The number of aliphatic hydroxyl groups excluding tert-OH is 1. The fourth-order valence-corrected chi connectivity index (χ4v) is 1.88. The summed E-state index contributed by atoms with van der Waals surface area (Å²) in [5.74, 6) is -0.269. The molecule has 1 aliphatic rings. The zero-order chi connectivity index (χ0) is 12.7. The van der Waals surface area contributed by atoms with E-state index in [2.05, 4.69) is 9.64 Å². The molecule has 0 aromatic carbocycles. The van der Waals surface area contributed by atoms with Crippen molar-refractivity contribution < 1.29 is 24.1 Å². The first kappa shape index (κ1) is 14.4. The smallest absolute Gasteiger partial charge is 0.308 e. The van der Waals surface area contributed by atoms with E-state index in [0.717, 1.165) is 6.54 Å². The van der Waals surface area contributed by atoms with Crippen LogP contribution in [0.25, 0.3) is 0 Å². The number of esters is 1. The summed E-state index contributed by atoms with van der Waals surface area (Å²) in [6.07, 6.45) is -0.393. The Bertz CT molecular complexity index is 236. The average molecular weight is 247 g/mol. The summed E-state index contributed by atoms with van der Waals surface area (Å²) in [7, 11) is 2.92. The molecule has 0 aromatic heterocycles. The molecule has 0 radical (unpaired) electrons. The second kappa shape index (κ2) is 7.60. The van der Waals surface area contributed by atoms with Gasteiger partial charge in [0.25, 0.3) is 0 Å². The van der Waals surface area contributed by atoms with Crippen LogP contribution in [0, 0.1) is 0 Å². The van der Waals surface area contributed by atoms with Crippen LogP contribution in [-0.4, -0.2) is 75.3 Å². The first-order valence-electron chi connectivity index (χ1n) is 5.73. The first-order chi connectivity index (χ1) is 8.15. The molecule has 1 fully saturated rings.